The summed E-state index contributed by atoms with van der Waals surface area (Å²) >= 11 is 0. The quantitative estimate of drug-likeness (QED) is 0.585. The van der Waals surface area contributed by atoms with Gasteiger partial charge in [0.1, 0.15) is 23.1 Å². The lowest BCUT2D eigenvalue weighted by atomic mass is 10.1. The number of hydrogen-bond acceptors (Lipinski definition) is 3. The van der Waals surface area contributed by atoms with Crippen molar-refractivity contribution in [3.8, 4) is 0 Å². The summed E-state index contributed by atoms with van der Waals surface area (Å²) in [6.45, 7) is 15.0. The Labute approximate surface area is 108 Å². The van der Waals surface area contributed by atoms with Crippen molar-refractivity contribution in [3.63, 3.8) is 0 Å². The summed E-state index contributed by atoms with van der Waals surface area (Å²) < 4.78 is 8.11. The average Bonchev–Trinajstić information content (AvgIpc) is 2.26. The Balaban J connectivity index is 2.87. The van der Waals surface area contributed by atoms with E-state index in [-0.39, 0.29) is 5.97 Å². The number of rotatable bonds is 3. The molecule has 0 aromatic carbocycles. The molecule has 0 saturated carbocycles. The van der Waals surface area contributed by atoms with Crippen LogP contribution in [0.5, 0.6) is 0 Å². The second-order valence-corrected chi connectivity index (χ2v) is 17.0. The third-order valence-corrected chi connectivity index (χ3v) is 10.8. The maximum atomic E-state index is 11.3. The topological polar surface area (TPSA) is 29.5 Å². The normalized spacial score (nSPS) is 23.5. The lowest BCUT2D eigenvalue weighted by molar-refractivity contribution is -0.143. The zero-order valence-electron chi connectivity index (χ0n) is 12.2. The van der Waals surface area contributed by atoms with Crippen molar-refractivity contribution < 1.29 is 9.53 Å². The molecule has 5 heteroatoms. The second kappa shape index (κ2) is 5.24. The highest BCUT2D eigenvalue weighted by atomic mass is 28.4. The number of esters is 1. The molecule has 1 atom stereocenters. The SMILES string of the molecule is C[Si](C)(C)N(C1CCCC(=O)OC1)[Si](C)(C)C. The molecule has 1 fully saturated rings. The third-order valence-electron chi connectivity index (χ3n) is 3.17. The van der Waals surface area contributed by atoms with Gasteiger partial charge in [0, 0.05) is 12.5 Å². The summed E-state index contributed by atoms with van der Waals surface area (Å²) in [7, 11) is -2.70. The molecule has 1 unspecified atom stereocenters. The molecule has 1 aliphatic rings. The van der Waals surface area contributed by atoms with Crippen LogP contribution < -0.4 is 0 Å². The Morgan fingerprint density at radius 2 is 1.65 bits per heavy atom. The van der Waals surface area contributed by atoms with Crippen molar-refractivity contribution in [1.29, 1.82) is 0 Å². The number of hydrogen-bond donors (Lipinski definition) is 0. The highest BCUT2D eigenvalue weighted by molar-refractivity contribution is 6.89. The zero-order chi connectivity index (χ0) is 13.3. The van der Waals surface area contributed by atoms with Gasteiger partial charge in [-0.3, -0.25) is 4.79 Å². The fraction of sp³-hybridized carbons (Fsp3) is 0.917. The molecule has 0 amide bonds. The van der Waals surface area contributed by atoms with Crippen LogP contribution in [-0.2, 0) is 9.53 Å². The van der Waals surface area contributed by atoms with E-state index in [9.17, 15) is 4.79 Å². The Hall–Kier alpha value is -0.136. The lowest BCUT2D eigenvalue weighted by Gasteiger charge is -2.48. The second-order valence-electron chi connectivity index (χ2n) is 6.94. The lowest BCUT2D eigenvalue weighted by Crippen LogP contribution is -2.64. The first-order valence-corrected chi connectivity index (χ1v) is 13.5. The van der Waals surface area contributed by atoms with Gasteiger partial charge in [0.25, 0.3) is 0 Å². The van der Waals surface area contributed by atoms with Gasteiger partial charge in [-0.2, -0.15) is 0 Å². The van der Waals surface area contributed by atoms with Gasteiger partial charge in [-0.05, 0) is 12.8 Å². The van der Waals surface area contributed by atoms with Crippen molar-refractivity contribution in [2.75, 3.05) is 6.61 Å². The molecule has 100 valence electrons. The summed E-state index contributed by atoms with van der Waals surface area (Å²) in [5.74, 6) is -0.0152. The fourth-order valence-electron chi connectivity index (χ4n) is 3.13. The highest BCUT2D eigenvalue weighted by Gasteiger charge is 2.40. The molecule has 0 radical (unpaired) electrons. The van der Waals surface area contributed by atoms with E-state index in [0.717, 1.165) is 12.8 Å². The Bertz CT molecular complexity index is 267. The molecular weight excluding hydrogens is 246 g/mol. The van der Waals surface area contributed by atoms with E-state index in [1.807, 2.05) is 0 Å². The number of nitrogens with zero attached hydrogens (tertiary/aromatic N) is 1. The minimum Gasteiger partial charge on any atom is -0.464 e. The van der Waals surface area contributed by atoms with Gasteiger partial charge in [0.05, 0.1) is 0 Å². The van der Waals surface area contributed by atoms with Crippen molar-refractivity contribution in [3.05, 3.63) is 0 Å². The summed E-state index contributed by atoms with van der Waals surface area (Å²) in [6, 6.07) is 0.458. The standard InChI is InChI=1S/C12H27NO2Si2/c1-16(2,3)13(17(4,5)6)11-8-7-9-12(14)15-10-11/h11H,7-10H2,1-6H3. The van der Waals surface area contributed by atoms with Crippen molar-refractivity contribution in [2.45, 2.75) is 64.6 Å². The first-order chi connectivity index (χ1) is 7.62. The fourth-order valence-corrected chi connectivity index (χ4v) is 13.8. The molecule has 0 spiro atoms. The molecule has 1 heterocycles. The van der Waals surface area contributed by atoms with E-state index < -0.39 is 16.5 Å². The monoisotopic (exact) mass is 273 g/mol. The largest absolute Gasteiger partial charge is 0.464 e. The molecule has 0 aromatic rings. The van der Waals surface area contributed by atoms with Gasteiger partial charge in [0.15, 0.2) is 0 Å². The molecule has 0 aliphatic carbocycles. The maximum Gasteiger partial charge on any atom is 0.305 e. The van der Waals surface area contributed by atoms with Gasteiger partial charge in [-0.15, -0.1) is 0 Å². The van der Waals surface area contributed by atoms with E-state index in [4.69, 9.17) is 4.74 Å². The summed E-state index contributed by atoms with van der Waals surface area (Å²) in [5.41, 5.74) is 0. The molecule has 1 aliphatic heterocycles. The molecule has 1 saturated heterocycles. The van der Waals surface area contributed by atoms with Crippen LogP contribution in [-0.4, -0.2) is 39.3 Å². The van der Waals surface area contributed by atoms with Crippen LogP contribution in [0.4, 0.5) is 0 Å². The Morgan fingerprint density at radius 1 is 1.12 bits per heavy atom. The maximum absolute atomic E-state index is 11.3. The number of ether oxygens (including phenoxy) is 1. The van der Waals surface area contributed by atoms with Gasteiger partial charge < -0.3 is 8.97 Å². The van der Waals surface area contributed by atoms with E-state index in [2.05, 4.69) is 43.5 Å². The number of cyclic esters (lactones) is 1. The number of carbonyl (C=O) groups excluding carboxylic acids is 1. The van der Waals surface area contributed by atoms with Crippen LogP contribution in [0, 0.1) is 0 Å². The Morgan fingerprint density at radius 3 is 2.12 bits per heavy atom. The van der Waals surface area contributed by atoms with Gasteiger partial charge in [-0.25, -0.2) is 0 Å². The molecule has 0 bridgehead atoms. The highest BCUT2D eigenvalue weighted by Crippen LogP contribution is 2.27. The van der Waals surface area contributed by atoms with Crippen LogP contribution in [0.2, 0.25) is 39.3 Å². The minimum absolute atomic E-state index is 0.0152. The molecule has 0 N–H and O–H groups in total. The minimum atomic E-state index is -1.35. The molecule has 3 nitrogen and oxygen atoms in total. The van der Waals surface area contributed by atoms with Crippen molar-refractivity contribution >= 4 is 22.4 Å². The van der Waals surface area contributed by atoms with E-state index in [0.29, 0.717) is 19.1 Å². The van der Waals surface area contributed by atoms with Crippen molar-refractivity contribution in [2.24, 2.45) is 0 Å². The zero-order valence-corrected chi connectivity index (χ0v) is 14.2. The van der Waals surface area contributed by atoms with Crippen LogP contribution in [0.15, 0.2) is 0 Å². The van der Waals surface area contributed by atoms with E-state index in [1.54, 1.807) is 0 Å². The smallest absolute Gasteiger partial charge is 0.305 e. The van der Waals surface area contributed by atoms with Crippen LogP contribution in [0.3, 0.4) is 0 Å². The first kappa shape index (κ1) is 14.9. The number of carbonyl (C=O) groups is 1. The predicted octanol–water partition coefficient (Wildman–Crippen LogP) is 3.05. The molecule has 0 aromatic heterocycles. The summed E-state index contributed by atoms with van der Waals surface area (Å²) in [5, 5.41) is 0. The summed E-state index contributed by atoms with van der Waals surface area (Å²) in [6.07, 6.45) is 2.69. The Kier molecular flexibility index (Phi) is 4.60. The van der Waals surface area contributed by atoms with Crippen LogP contribution in [0.25, 0.3) is 0 Å². The van der Waals surface area contributed by atoms with E-state index in [1.165, 1.54) is 0 Å². The first-order valence-electron chi connectivity index (χ1n) is 6.57. The van der Waals surface area contributed by atoms with Gasteiger partial charge in [0.2, 0.25) is 0 Å². The molecule has 17 heavy (non-hydrogen) atoms. The predicted molar refractivity (Wildman–Crippen MR) is 77.1 cm³/mol. The van der Waals surface area contributed by atoms with E-state index >= 15 is 0 Å². The summed E-state index contributed by atoms with van der Waals surface area (Å²) in [4.78, 5) is 11.3. The third kappa shape index (κ3) is 4.23. The van der Waals surface area contributed by atoms with Crippen LogP contribution in [0.1, 0.15) is 19.3 Å². The molecule has 1 rings (SSSR count). The average molecular weight is 274 g/mol. The van der Waals surface area contributed by atoms with Gasteiger partial charge in [-0.1, -0.05) is 39.3 Å². The van der Waals surface area contributed by atoms with Crippen molar-refractivity contribution in [1.82, 2.24) is 4.23 Å². The molecular formula is C12H27NO2Si2. The van der Waals surface area contributed by atoms with Gasteiger partial charge >= 0.3 is 5.97 Å². The van der Waals surface area contributed by atoms with Crippen LogP contribution >= 0.6 is 0 Å².